The molecule has 0 radical (unpaired) electrons. The zero-order valence-corrected chi connectivity index (χ0v) is 27.3. The van der Waals surface area contributed by atoms with Gasteiger partial charge in [0.15, 0.2) is 81.5 Å². The Kier molecular flexibility index (Phi) is 8.31. The van der Waals surface area contributed by atoms with Gasteiger partial charge in [0.05, 0.1) is 33.6 Å². The van der Waals surface area contributed by atoms with Crippen LogP contribution in [0.4, 0.5) is 39.5 Å². The zero-order valence-electron chi connectivity index (χ0n) is 27.3. The molecule has 8 rings (SSSR count). The molecular weight excluding hydrogens is 771 g/mol. The summed E-state index contributed by atoms with van der Waals surface area (Å²) in [5, 5.41) is 18.4. The molecule has 0 spiro atoms. The number of hydrogen-bond donors (Lipinski definition) is 0. The van der Waals surface area contributed by atoms with E-state index in [0.29, 0.717) is 10.7 Å². The number of aromatic nitrogens is 3. The topological polar surface area (TPSA) is 165 Å². The largest absolute Gasteiger partial charge is 0.274 e. The van der Waals surface area contributed by atoms with Crippen LogP contribution in [0, 0.1) is 81.6 Å². The Morgan fingerprint density at radius 1 is 0.509 bits per heavy atom. The maximum absolute atomic E-state index is 14.7. The summed E-state index contributed by atoms with van der Waals surface area (Å²) in [7, 11) is 0. The van der Waals surface area contributed by atoms with Gasteiger partial charge in [-0.2, -0.15) is 10.5 Å². The second-order valence-electron chi connectivity index (χ2n) is 11.5. The van der Waals surface area contributed by atoms with Crippen LogP contribution in [0.5, 0.6) is 0 Å². The van der Waals surface area contributed by atoms with Gasteiger partial charge in [0.25, 0.3) is 5.70 Å². The van der Waals surface area contributed by atoms with Gasteiger partial charge in [-0.1, -0.05) is 12.1 Å². The highest BCUT2D eigenvalue weighted by Crippen LogP contribution is 2.31. The predicted molar refractivity (Wildman–Crippen MR) is 170 cm³/mol. The highest BCUT2D eigenvalue weighted by Gasteiger charge is 2.31. The van der Waals surface area contributed by atoms with Gasteiger partial charge >= 0.3 is 0 Å². The van der Waals surface area contributed by atoms with E-state index in [1.807, 2.05) is 6.07 Å². The molecule has 4 aromatic carbocycles. The summed E-state index contributed by atoms with van der Waals surface area (Å²) >= 11 is 0. The van der Waals surface area contributed by atoms with Crippen molar-refractivity contribution in [3.8, 4) is 23.5 Å². The van der Waals surface area contributed by atoms with Crippen LogP contribution in [-0.4, -0.2) is 15.0 Å². The maximum Gasteiger partial charge on any atom is 0.274 e. The van der Waals surface area contributed by atoms with E-state index >= 15 is 0 Å². The molecule has 0 unspecified atom stereocenters. The number of rotatable bonds is 4. The number of halogens is 9. The molecule has 12 nitrogen and oxygen atoms in total. The zero-order chi connectivity index (χ0) is 40.4. The van der Waals surface area contributed by atoms with Crippen LogP contribution in [0.1, 0.15) is 17.2 Å². The Labute approximate surface area is 308 Å². The van der Waals surface area contributed by atoms with Gasteiger partial charge < -0.3 is 0 Å². The summed E-state index contributed by atoms with van der Waals surface area (Å²) in [5.41, 5.74) is -3.81. The van der Waals surface area contributed by atoms with Crippen molar-refractivity contribution in [3.05, 3.63) is 173 Å². The van der Waals surface area contributed by atoms with Crippen molar-refractivity contribution < 1.29 is 39.5 Å². The molecule has 4 heterocycles. The number of para-hydroxylation sites is 2. The first kappa shape index (κ1) is 35.8. The predicted octanol–water partition coefficient (Wildman–Crippen LogP) is 3.58. The van der Waals surface area contributed by atoms with E-state index in [1.54, 1.807) is 24.3 Å². The lowest BCUT2D eigenvalue weighted by Crippen LogP contribution is -2.32. The van der Waals surface area contributed by atoms with Crippen LogP contribution >= 0.6 is 0 Å². The van der Waals surface area contributed by atoms with E-state index < -0.39 is 103 Å². The Balaban J connectivity index is 1.35. The molecule has 0 fully saturated rings. The molecule has 0 saturated heterocycles. The minimum Gasteiger partial charge on any atom is -0.235 e. The van der Waals surface area contributed by atoms with Gasteiger partial charge in [-0.05, 0) is 30.3 Å². The van der Waals surface area contributed by atoms with Crippen LogP contribution in [0.2, 0.25) is 0 Å². The number of benzene rings is 4. The first-order valence-electron chi connectivity index (χ1n) is 15.4. The van der Waals surface area contributed by atoms with E-state index in [-0.39, 0.29) is 33.5 Å². The Bertz CT molecular complexity index is 3280. The van der Waals surface area contributed by atoms with Crippen molar-refractivity contribution >= 4 is 16.8 Å². The molecule has 0 N–H and O–H groups in total. The third-order valence-electron chi connectivity index (χ3n) is 8.20. The average molecular weight is 779 g/mol. The first-order valence-corrected chi connectivity index (χ1v) is 15.4. The number of allylic oxidation sites excluding steroid dienone is 2. The summed E-state index contributed by atoms with van der Waals surface area (Å²) in [6.45, 7) is 7.85. The van der Waals surface area contributed by atoms with Gasteiger partial charge in [-0.3, -0.25) is 0 Å². The standard InChI is InChI=1S/C36H7F9N12/c1-48-30(35-53-28-26(44)24(42)25(43)27(45)29(28)54-35)36-56-31(55-34(57-36)13(10-47)33-49-14-4-2-3-5-15(14)50-33)11-6-7-16-17(8-11)52-32(51-16)12(9-46)18-19(37)21(39)23(41)22(40)20(18)38/h2-8H/b32-12+. The van der Waals surface area contributed by atoms with Crippen LogP contribution in [0.25, 0.3) is 33.1 Å². The lowest BCUT2D eigenvalue weighted by atomic mass is 10.0. The molecule has 274 valence electrons. The highest BCUT2D eigenvalue weighted by molar-refractivity contribution is 5.80. The molecule has 57 heavy (non-hydrogen) atoms. The van der Waals surface area contributed by atoms with E-state index in [0.717, 1.165) is 0 Å². The molecular formula is C36H7F9N12. The summed E-state index contributed by atoms with van der Waals surface area (Å²) in [6.07, 6.45) is 0. The maximum atomic E-state index is 14.7. The van der Waals surface area contributed by atoms with Gasteiger partial charge in [0, 0.05) is 5.56 Å². The molecule has 0 aliphatic carbocycles. The van der Waals surface area contributed by atoms with Crippen molar-refractivity contribution in [1.82, 2.24) is 15.0 Å². The quantitative estimate of drug-likeness (QED) is 0.0894. The van der Waals surface area contributed by atoms with Crippen LogP contribution in [0.3, 0.4) is 0 Å². The molecule has 0 bridgehead atoms. The van der Waals surface area contributed by atoms with E-state index in [1.165, 1.54) is 24.3 Å². The van der Waals surface area contributed by atoms with E-state index in [2.05, 4.69) is 49.8 Å². The molecule has 0 atom stereocenters. The van der Waals surface area contributed by atoms with E-state index in [4.69, 9.17) is 6.57 Å². The monoisotopic (exact) mass is 778 g/mol. The lowest BCUT2D eigenvalue weighted by molar-refractivity contribution is 0.376. The molecule has 0 saturated carbocycles. The second kappa shape index (κ2) is 13.2. The van der Waals surface area contributed by atoms with Crippen molar-refractivity contribution in [2.24, 2.45) is 30.0 Å². The SMILES string of the molecule is [C-]#[N+]C(=C1N=c2c(F)c(F)c(F)c(F)c2=N1)c1nc(C(C#N)=C2N=c3ccccc3=N2)nc(-c2ccc3c(c2)=N/C(=C(\C#N)c2c(F)c(F)c(F)c(F)c2F)N=3)n1. The molecule has 3 aliphatic heterocycles. The minimum atomic E-state index is -2.45. The fourth-order valence-corrected chi connectivity index (χ4v) is 5.55. The second-order valence-corrected chi connectivity index (χ2v) is 11.5. The molecule has 21 heteroatoms. The van der Waals surface area contributed by atoms with Gasteiger partial charge in [-0.15, -0.1) is 0 Å². The molecule has 3 aliphatic rings. The first-order chi connectivity index (χ1) is 27.3. The number of fused-ring (bicyclic) bond motifs is 3. The summed E-state index contributed by atoms with van der Waals surface area (Å²) in [4.78, 5) is 40.1. The lowest BCUT2D eigenvalue weighted by Gasteiger charge is -2.07. The Hall–Kier alpha value is -8.25. The van der Waals surface area contributed by atoms with Crippen LogP contribution in [0.15, 0.2) is 89.9 Å². The van der Waals surface area contributed by atoms with Crippen LogP contribution < -0.4 is 32.1 Å². The summed E-state index contributed by atoms with van der Waals surface area (Å²) < 4.78 is 128. The molecule has 5 aromatic rings. The molecule has 0 amide bonds. The van der Waals surface area contributed by atoms with Gasteiger partial charge in [0.2, 0.25) is 5.82 Å². The fraction of sp³-hybridized carbons (Fsp3) is 0. The van der Waals surface area contributed by atoms with Gasteiger partial charge in [0.1, 0.15) is 34.0 Å². The number of nitrogens with zero attached hydrogens (tertiary/aromatic N) is 12. The Morgan fingerprint density at radius 2 is 0.982 bits per heavy atom. The smallest absolute Gasteiger partial charge is 0.235 e. The average Bonchev–Trinajstić information content (AvgIpc) is 3.97. The highest BCUT2D eigenvalue weighted by atomic mass is 19.2. The summed E-state index contributed by atoms with van der Waals surface area (Å²) in [5.74, 6) is -23.0. The van der Waals surface area contributed by atoms with Crippen LogP contribution in [-0.2, 0) is 0 Å². The van der Waals surface area contributed by atoms with E-state index in [9.17, 15) is 50.0 Å². The van der Waals surface area contributed by atoms with Gasteiger partial charge in [-0.25, -0.2) is 89.3 Å². The third kappa shape index (κ3) is 5.59. The fourth-order valence-electron chi connectivity index (χ4n) is 5.55. The van der Waals surface area contributed by atoms with Crippen molar-refractivity contribution in [3.63, 3.8) is 0 Å². The normalized spacial score (nSPS) is 13.9. The molecule has 1 aromatic heterocycles. The van der Waals surface area contributed by atoms with Crippen molar-refractivity contribution in [2.75, 3.05) is 0 Å². The number of hydrogen-bond acceptors (Lipinski definition) is 11. The summed E-state index contributed by atoms with van der Waals surface area (Å²) in [6, 6.07) is 13.5. The number of nitriles is 2. The minimum absolute atomic E-state index is 0.0152. The van der Waals surface area contributed by atoms with Crippen molar-refractivity contribution in [1.29, 1.82) is 10.5 Å². The third-order valence-corrected chi connectivity index (χ3v) is 8.20. The van der Waals surface area contributed by atoms with Crippen molar-refractivity contribution in [2.45, 2.75) is 0 Å². The Morgan fingerprint density at radius 3 is 1.53 bits per heavy atom.